The lowest BCUT2D eigenvalue weighted by atomic mass is 10.1. The van der Waals surface area contributed by atoms with Crippen LogP contribution in [0.5, 0.6) is 11.5 Å². The van der Waals surface area contributed by atoms with Gasteiger partial charge in [-0.1, -0.05) is 48.5 Å². The van der Waals surface area contributed by atoms with Crippen molar-refractivity contribution in [1.82, 2.24) is 0 Å². The van der Waals surface area contributed by atoms with Crippen LogP contribution in [0, 0.1) is 0 Å². The van der Waals surface area contributed by atoms with Gasteiger partial charge in [-0.25, -0.2) is 4.79 Å². The van der Waals surface area contributed by atoms with Crippen molar-refractivity contribution in [2.45, 2.75) is 33.1 Å². The standard InChI is InChI=1S/C26H30O5Si2/c1-19(27)20-15-17-21(18-16-20)26(28)30-23-12-8-10-14-25(23)33(5,6)31-32(3,4)24-13-9-7-11-22(24)29-2/h7-18H,1-6H3. The summed E-state index contributed by atoms with van der Waals surface area (Å²) in [6.45, 7) is 10.0. The third-order valence-corrected chi connectivity index (χ3v) is 13.0. The molecule has 0 N–H and O–H groups in total. The zero-order valence-corrected chi connectivity index (χ0v) is 22.0. The van der Waals surface area contributed by atoms with Gasteiger partial charge in [0.1, 0.15) is 11.5 Å². The van der Waals surface area contributed by atoms with E-state index in [9.17, 15) is 9.59 Å². The molecule has 0 amide bonds. The summed E-state index contributed by atoms with van der Waals surface area (Å²) >= 11 is 0. The number of benzene rings is 3. The van der Waals surface area contributed by atoms with Gasteiger partial charge in [-0.2, -0.15) is 0 Å². The number of hydrogen-bond acceptors (Lipinski definition) is 5. The van der Waals surface area contributed by atoms with Crippen LogP contribution in [0.15, 0.2) is 72.8 Å². The minimum absolute atomic E-state index is 0.0491. The van der Waals surface area contributed by atoms with Crippen molar-refractivity contribution >= 4 is 38.8 Å². The normalized spacial score (nSPS) is 11.7. The van der Waals surface area contributed by atoms with E-state index in [2.05, 4.69) is 32.3 Å². The van der Waals surface area contributed by atoms with Gasteiger partial charge in [0.25, 0.3) is 0 Å². The van der Waals surface area contributed by atoms with E-state index in [4.69, 9.17) is 13.6 Å². The summed E-state index contributed by atoms with van der Waals surface area (Å²) in [5, 5.41) is 2.00. The van der Waals surface area contributed by atoms with Gasteiger partial charge in [-0.15, -0.1) is 0 Å². The van der Waals surface area contributed by atoms with Gasteiger partial charge in [-0.05, 0) is 57.4 Å². The predicted octanol–water partition coefficient (Wildman–Crippen LogP) is 4.66. The summed E-state index contributed by atoms with van der Waals surface area (Å²) in [6, 6.07) is 22.0. The molecule has 0 heterocycles. The summed E-state index contributed by atoms with van der Waals surface area (Å²) in [6.07, 6.45) is 0. The first-order valence-electron chi connectivity index (χ1n) is 10.8. The molecule has 0 atom stereocenters. The van der Waals surface area contributed by atoms with Crippen LogP contribution in [-0.2, 0) is 4.12 Å². The van der Waals surface area contributed by atoms with E-state index >= 15 is 0 Å². The number of carbonyl (C=O) groups excluding carboxylic acids is 2. The lowest BCUT2D eigenvalue weighted by Crippen LogP contribution is -2.58. The molecule has 0 aromatic heterocycles. The molecule has 172 valence electrons. The summed E-state index contributed by atoms with van der Waals surface area (Å²) in [7, 11) is -3.16. The molecule has 5 nitrogen and oxygen atoms in total. The third-order valence-electron chi connectivity index (χ3n) is 5.53. The Morgan fingerprint density at radius 3 is 1.64 bits per heavy atom. The van der Waals surface area contributed by atoms with E-state index in [-0.39, 0.29) is 5.78 Å². The second kappa shape index (κ2) is 9.86. The maximum Gasteiger partial charge on any atom is 0.343 e. The first-order valence-corrected chi connectivity index (χ1v) is 16.6. The highest BCUT2D eigenvalue weighted by Crippen LogP contribution is 2.23. The highest BCUT2D eigenvalue weighted by Gasteiger charge is 2.39. The predicted molar refractivity (Wildman–Crippen MR) is 136 cm³/mol. The van der Waals surface area contributed by atoms with Gasteiger partial charge in [0.2, 0.25) is 16.6 Å². The van der Waals surface area contributed by atoms with Crippen LogP contribution in [0.25, 0.3) is 0 Å². The Morgan fingerprint density at radius 1 is 0.667 bits per heavy atom. The van der Waals surface area contributed by atoms with E-state index < -0.39 is 22.6 Å². The molecule has 0 aliphatic heterocycles. The molecule has 0 unspecified atom stereocenters. The Hall–Kier alpha value is -3.01. The molecule has 0 bridgehead atoms. The molecular formula is C26H30O5Si2. The Kier molecular flexibility index (Phi) is 7.36. The number of rotatable bonds is 8. The van der Waals surface area contributed by atoms with Gasteiger partial charge in [0.15, 0.2) is 5.78 Å². The summed E-state index contributed by atoms with van der Waals surface area (Å²) in [4.78, 5) is 24.3. The average Bonchev–Trinajstić information content (AvgIpc) is 2.78. The van der Waals surface area contributed by atoms with E-state index in [0.717, 1.165) is 16.1 Å². The first-order chi connectivity index (χ1) is 15.5. The van der Waals surface area contributed by atoms with Crippen molar-refractivity contribution in [2.75, 3.05) is 7.11 Å². The number of para-hydroxylation sites is 2. The van der Waals surface area contributed by atoms with Crippen LogP contribution >= 0.6 is 0 Å². The van der Waals surface area contributed by atoms with E-state index in [1.807, 2.05) is 36.4 Å². The molecule has 3 aromatic carbocycles. The lowest BCUT2D eigenvalue weighted by Gasteiger charge is -2.35. The van der Waals surface area contributed by atoms with Crippen molar-refractivity contribution in [3.63, 3.8) is 0 Å². The van der Waals surface area contributed by atoms with Gasteiger partial charge >= 0.3 is 5.97 Å². The highest BCUT2D eigenvalue weighted by molar-refractivity contribution is 6.97. The summed E-state index contributed by atoms with van der Waals surface area (Å²) in [5.41, 5.74) is 0.941. The second-order valence-corrected chi connectivity index (χ2v) is 16.8. The minimum atomic E-state index is -2.49. The summed E-state index contributed by atoms with van der Waals surface area (Å²) < 4.78 is 18.3. The quantitative estimate of drug-likeness (QED) is 0.204. The van der Waals surface area contributed by atoms with Crippen molar-refractivity contribution in [3.8, 4) is 11.5 Å². The molecule has 0 fully saturated rings. The number of methoxy groups -OCH3 is 1. The van der Waals surface area contributed by atoms with Crippen LogP contribution in [0.2, 0.25) is 26.2 Å². The highest BCUT2D eigenvalue weighted by atomic mass is 28.4. The van der Waals surface area contributed by atoms with E-state index in [1.54, 1.807) is 37.4 Å². The van der Waals surface area contributed by atoms with E-state index in [0.29, 0.717) is 16.9 Å². The minimum Gasteiger partial charge on any atom is -0.497 e. The van der Waals surface area contributed by atoms with Crippen molar-refractivity contribution < 1.29 is 23.2 Å². The van der Waals surface area contributed by atoms with Gasteiger partial charge in [-0.3, -0.25) is 4.79 Å². The number of carbonyl (C=O) groups is 2. The van der Waals surface area contributed by atoms with Crippen LogP contribution in [0.1, 0.15) is 27.6 Å². The molecule has 0 spiro atoms. The number of esters is 1. The first kappa shape index (κ1) is 24.6. The third kappa shape index (κ3) is 5.68. The fourth-order valence-corrected chi connectivity index (χ4v) is 12.4. The fraction of sp³-hybridized carbons (Fsp3) is 0.231. The fourth-order valence-electron chi connectivity index (χ4n) is 3.94. The second-order valence-electron chi connectivity index (χ2n) is 8.84. The average molecular weight is 479 g/mol. The molecule has 7 heteroatoms. The molecule has 0 aliphatic carbocycles. The number of ketones is 1. The van der Waals surface area contributed by atoms with Crippen LogP contribution in [0.3, 0.4) is 0 Å². The Balaban J connectivity index is 1.87. The zero-order chi connectivity index (χ0) is 24.2. The molecule has 0 saturated carbocycles. The lowest BCUT2D eigenvalue weighted by molar-refractivity contribution is 0.0735. The molecule has 3 rings (SSSR count). The molecule has 33 heavy (non-hydrogen) atoms. The number of ether oxygens (including phenoxy) is 2. The number of hydrogen-bond donors (Lipinski definition) is 0. The maximum absolute atomic E-state index is 12.8. The molecule has 3 aromatic rings. The van der Waals surface area contributed by atoms with Crippen LogP contribution in [0.4, 0.5) is 0 Å². The van der Waals surface area contributed by atoms with Gasteiger partial charge in [0.05, 0.1) is 12.7 Å². The maximum atomic E-state index is 12.8. The van der Waals surface area contributed by atoms with Crippen LogP contribution in [-0.4, -0.2) is 35.5 Å². The van der Waals surface area contributed by atoms with E-state index in [1.165, 1.54) is 6.92 Å². The zero-order valence-electron chi connectivity index (χ0n) is 20.0. The molecular weight excluding hydrogens is 448 g/mol. The van der Waals surface area contributed by atoms with Crippen molar-refractivity contribution in [1.29, 1.82) is 0 Å². The van der Waals surface area contributed by atoms with Crippen molar-refractivity contribution in [3.05, 3.63) is 83.9 Å². The Bertz CT molecular complexity index is 1150. The topological polar surface area (TPSA) is 61.8 Å². The number of Topliss-reactive ketones (excluding diaryl/α,β-unsaturated/α-hetero) is 1. The van der Waals surface area contributed by atoms with Crippen LogP contribution < -0.4 is 19.8 Å². The molecule has 0 saturated heterocycles. The van der Waals surface area contributed by atoms with Crippen molar-refractivity contribution in [2.24, 2.45) is 0 Å². The monoisotopic (exact) mass is 478 g/mol. The largest absolute Gasteiger partial charge is 0.497 e. The Morgan fingerprint density at radius 2 is 1.12 bits per heavy atom. The SMILES string of the molecule is COc1ccccc1[Si](C)(C)O[Si](C)(C)c1ccccc1OC(=O)c1ccc(C(C)=O)cc1. The van der Waals surface area contributed by atoms with Gasteiger partial charge in [0, 0.05) is 15.9 Å². The Labute approximate surface area is 197 Å². The molecule has 0 aliphatic rings. The molecule has 0 radical (unpaired) electrons. The summed E-state index contributed by atoms with van der Waals surface area (Å²) in [5.74, 6) is 0.808. The van der Waals surface area contributed by atoms with Gasteiger partial charge < -0.3 is 13.6 Å². The smallest absolute Gasteiger partial charge is 0.343 e.